The first-order chi connectivity index (χ1) is 22.4. The number of hydrogen-bond donors (Lipinski definition) is 1. The second-order valence-electron chi connectivity index (χ2n) is 11.3. The van der Waals surface area contributed by atoms with Crippen LogP contribution in [0.5, 0.6) is 5.75 Å². The Kier molecular flexibility index (Phi) is 12.5. The lowest BCUT2D eigenvalue weighted by molar-refractivity contribution is -0.140. The van der Waals surface area contributed by atoms with Crippen molar-refractivity contribution in [2.45, 2.75) is 57.1 Å². The van der Waals surface area contributed by atoms with Gasteiger partial charge in [-0.3, -0.25) is 13.9 Å². The molecule has 0 aliphatic heterocycles. The van der Waals surface area contributed by atoms with Crippen molar-refractivity contribution in [2.75, 3.05) is 18.0 Å². The van der Waals surface area contributed by atoms with Crippen molar-refractivity contribution in [2.24, 2.45) is 0 Å². The number of hydrogen-bond acceptors (Lipinski definition) is 5. The van der Waals surface area contributed by atoms with Crippen LogP contribution in [0.25, 0.3) is 0 Å². The minimum atomic E-state index is -4.26. The van der Waals surface area contributed by atoms with Crippen LogP contribution < -0.4 is 14.4 Å². The summed E-state index contributed by atoms with van der Waals surface area (Å²) in [6.07, 6.45) is 0.923. The highest BCUT2D eigenvalue weighted by molar-refractivity contribution is 9.10. The standard InChI is InChI=1S/C36H39BrClN3O5S/c1-5-26(3)39-36(43)33(21-27-10-7-6-8-11-27)40(23-28-12-9-13-29(37)20-28)35(42)24-41(30-16-19-34(46-4)32(38)22-30)47(44,45)31-17-14-25(2)15-18-31/h6-20,22,26,33H,5,21,23-24H2,1-4H3,(H,39,43)/t26-,33-/m0/s1. The average Bonchev–Trinajstić information content (AvgIpc) is 3.05. The molecule has 0 fully saturated rings. The minimum absolute atomic E-state index is 0.0109. The molecule has 0 aromatic heterocycles. The molecule has 0 saturated heterocycles. The molecule has 47 heavy (non-hydrogen) atoms. The summed E-state index contributed by atoms with van der Waals surface area (Å²) in [6, 6.07) is 26.8. The highest BCUT2D eigenvalue weighted by Crippen LogP contribution is 2.32. The van der Waals surface area contributed by atoms with E-state index in [9.17, 15) is 18.0 Å². The van der Waals surface area contributed by atoms with Crippen molar-refractivity contribution >= 4 is 55.1 Å². The van der Waals surface area contributed by atoms with Gasteiger partial charge in [0.1, 0.15) is 18.3 Å². The summed E-state index contributed by atoms with van der Waals surface area (Å²) in [7, 11) is -2.80. The van der Waals surface area contributed by atoms with E-state index in [0.717, 1.165) is 25.5 Å². The van der Waals surface area contributed by atoms with E-state index in [0.29, 0.717) is 12.2 Å². The van der Waals surface area contributed by atoms with Crippen molar-refractivity contribution in [3.8, 4) is 5.75 Å². The van der Waals surface area contributed by atoms with E-state index in [-0.39, 0.29) is 40.5 Å². The van der Waals surface area contributed by atoms with Gasteiger partial charge < -0.3 is 15.0 Å². The molecule has 1 N–H and O–H groups in total. The number of nitrogens with one attached hydrogen (secondary N) is 1. The number of ether oxygens (including phenoxy) is 1. The van der Waals surface area contributed by atoms with Gasteiger partial charge in [-0.1, -0.05) is 94.6 Å². The maximum Gasteiger partial charge on any atom is 0.264 e. The summed E-state index contributed by atoms with van der Waals surface area (Å²) in [6.45, 7) is 5.20. The third-order valence-electron chi connectivity index (χ3n) is 7.83. The molecule has 4 aromatic carbocycles. The molecule has 4 rings (SSSR count). The zero-order chi connectivity index (χ0) is 34.1. The summed E-state index contributed by atoms with van der Waals surface area (Å²) >= 11 is 9.96. The Balaban J connectivity index is 1.83. The van der Waals surface area contributed by atoms with Gasteiger partial charge in [0.2, 0.25) is 11.8 Å². The molecule has 0 aliphatic rings. The number of aryl methyl sites for hydroxylation is 1. The van der Waals surface area contributed by atoms with Crippen molar-refractivity contribution in [1.29, 1.82) is 0 Å². The summed E-state index contributed by atoms with van der Waals surface area (Å²) < 4.78 is 35.6. The Morgan fingerprint density at radius 1 is 0.936 bits per heavy atom. The van der Waals surface area contributed by atoms with Crippen molar-refractivity contribution in [1.82, 2.24) is 10.2 Å². The first kappa shape index (κ1) is 36.0. The molecule has 248 valence electrons. The zero-order valence-electron chi connectivity index (χ0n) is 26.8. The lowest BCUT2D eigenvalue weighted by Crippen LogP contribution is -2.54. The van der Waals surface area contributed by atoms with E-state index in [4.69, 9.17) is 16.3 Å². The van der Waals surface area contributed by atoms with E-state index < -0.39 is 28.5 Å². The number of halogens is 2. The highest BCUT2D eigenvalue weighted by atomic mass is 79.9. The van der Waals surface area contributed by atoms with Crippen LogP contribution in [0, 0.1) is 6.92 Å². The first-order valence-corrected chi connectivity index (χ1v) is 17.8. The van der Waals surface area contributed by atoms with Crippen molar-refractivity contribution in [3.05, 3.63) is 123 Å². The Morgan fingerprint density at radius 3 is 2.23 bits per heavy atom. The zero-order valence-corrected chi connectivity index (χ0v) is 30.0. The maximum absolute atomic E-state index is 14.6. The molecule has 2 amide bonds. The normalized spacial score (nSPS) is 12.6. The maximum atomic E-state index is 14.6. The topological polar surface area (TPSA) is 96.0 Å². The molecule has 0 unspecified atom stereocenters. The number of carbonyl (C=O) groups excluding carboxylic acids is 2. The summed E-state index contributed by atoms with van der Waals surface area (Å²) in [4.78, 5) is 30.1. The molecule has 4 aromatic rings. The fourth-order valence-electron chi connectivity index (χ4n) is 5.00. The van der Waals surface area contributed by atoms with Gasteiger partial charge in [0, 0.05) is 23.5 Å². The fourth-order valence-corrected chi connectivity index (χ4v) is 7.11. The summed E-state index contributed by atoms with van der Waals surface area (Å²) in [5.41, 5.74) is 2.68. The van der Waals surface area contributed by atoms with Gasteiger partial charge >= 0.3 is 0 Å². The molecular weight excluding hydrogens is 702 g/mol. The Bertz CT molecular complexity index is 1790. The largest absolute Gasteiger partial charge is 0.495 e. The Hall–Kier alpha value is -3.86. The van der Waals surface area contributed by atoms with Crippen LogP contribution in [-0.2, 0) is 32.6 Å². The molecule has 0 aliphatic carbocycles. The average molecular weight is 741 g/mol. The molecule has 0 bridgehead atoms. The van der Waals surface area contributed by atoms with Gasteiger partial charge in [0.25, 0.3) is 10.0 Å². The van der Waals surface area contributed by atoms with Crippen molar-refractivity contribution < 1.29 is 22.7 Å². The predicted octanol–water partition coefficient (Wildman–Crippen LogP) is 7.17. The number of sulfonamides is 1. The van der Waals surface area contributed by atoms with Gasteiger partial charge in [-0.05, 0) is 73.9 Å². The van der Waals surface area contributed by atoms with Crippen LogP contribution in [0.2, 0.25) is 5.02 Å². The third kappa shape index (κ3) is 9.37. The number of rotatable bonds is 14. The monoisotopic (exact) mass is 739 g/mol. The van der Waals surface area contributed by atoms with E-state index >= 15 is 0 Å². The smallest absolute Gasteiger partial charge is 0.264 e. The second-order valence-corrected chi connectivity index (χ2v) is 14.5. The van der Waals surface area contributed by atoms with Crippen LogP contribution in [0.4, 0.5) is 5.69 Å². The quantitative estimate of drug-likeness (QED) is 0.148. The van der Waals surface area contributed by atoms with Gasteiger partial charge in [-0.2, -0.15) is 0 Å². The molecule has 2 atom stereocenters. The van der Waals surface area contributed by atoms with E-state index in [1.165, 1.54) is 30.2 Å². The number of nitrogens with zero attached hydrogens (tertiary/aromatic N) is 2. The number of methoxy groups -OCH3 is 1. The van der Waals surface area contributed by atoms with Gasteiger partial charge in [-0.25, -0.2) is 8.42 Å². The molecular formula is C36H39BrClN3O5S. The van der Waals surface area contributed by atoms with E-state index in [2.05, 4.69) is 21.2 Å². The van der Waals surface area contributed by atoms with E-state index in [1.54, 1.807) is 24.3 Å². The molecule has 8 nitrogen and oxygen atoms in total. The number of benzene rings is 4. The molecule has 0 spiro atoms. The minimum Gasteiger partial charge on any atom is -0.495 e. The lowest BCUT2D eigenvalue weighted by atomic mass is 10.0. The second kappa shape index (κ2) is 16.3. The van der Waals surface area contributed by atoms with Crippen molar-refractivity contribution in [3.63, 3.8) is 0 Å². The van der Waals surface area contributed by atoms with Gasteiger partial charge in [-0.15, -0.1) is 0 Å². The van der Waals surface area contributed by atoms with Gasteiger partial charge in [0.05, 0.1) is 22.7 Å². The third-order valence-corrected chi connectivity index (χ3v) is 10.4. The highest BCUT2D eigenvalue weighted by Gasteiger charge is 2.35. The van der Waals surface area contributed by atoms with Gasteiger partial charge in [0.15, 0.2) is 0 Å². The number of anilines is 1. The molecule has 11 heteroatoms. The van der Waals surface area contributed by atoms with Crippen LogP contribution in [0.3, 0.4) is 0 Å². The van der Waals surface area contributed by atoms with Crippen LogP contribution >= 0.6 is 27.5 Å². The molecule has 0 saturated carbocycles. The Labute approximate surface area is 290 Å². The van der Waals surface area contributed by atoms with Crippen LogP contribution in [0.1, 0.15) is 37.0 Å². The molecule has 0 radical (unpaired) electrons. The fraction of sp³-hybridized carbons (Fsp3) is 0.278. The Morgan fingerprint density at radius 2 is 1.62 bits per heavy atom. The summed E-state index contributed by atoms with van der Waals surface area (Å²) in [5.74, 6) is -0.532. The number of carbonyl (C=O) groups is 2. The SMILES string of the molecule is CC[C@H](C)NC(=O)[C@H](Cc1ccccc1)N(Cc1cccc(Br)c1)C(=O)CN(c1ccc(OC)c(Cl)c1)S(=O)(=O)c1ccc(C)cc1. The predicted molar refractivity (Wildman–Crippen MR) is 190 cm³/mol. The first-order valence-electron chi connectivity index (χ1n) is 15.2. The summed E-state index contributed by atoms with van der Waals surface area (Å²) in [5, 5.41) is 3.23. The number of amides is 2. The van der Waals surface area contributed by atoms with Crippen LogP contribution in [-0.4, -0.2) is 50.9 Å². The van der Waals surface area contributed by atoms with E-state index in [1.807, 2.05) is 75.4 Å². The lowest BCUT2D eigenvalue weighted by Gasteiger charge is -2.34. The van der Waals surface area contributed by atoms with Crippen LogP contribution in [0.15, 0.2) is 106 Å². The molecule has 0 heterocycles.